The summed E-state index contributed by atoms with van der Waals surface area (Å²) in [6, 6.07) is 4.51. The number of hydrogen-bond donors (Lipinski definition) is 2. The molecule has 0 spiro atoms. The Labute approximate surface area is 106 Å². The third-order valence-electron chi connectivity index (χ3n) is 2.44. The monoisotopic (exact) mass is 258 g/mol. The van der Waals surface area contributed by atoms with Crippen LogP contribution in [0.4, 0.5) is 20.2 Å². The number of anilines is 2. The maximum Gasteiger partial charge on any atom is 0.265 e. The Balaban J connectivity index is 2.42. The summed E-state index contributed by atoms with van der Waals surface area (Å²) in [6.45, 7) is 4.03. The van der Waals surface area contributed by atoms with Crippen LogP contribution >= 0.6 is 0 Å². The van der Waals surface area contributed by atoms with Gasteiger partial charge in [-0.05, 0) is 31.0 Å². The number of nitrogen functional groups attached to an aromatic ring is 1. The van der Waals surface area contributed by atoms with Gasteiger partial charge in [-0.2, -0.15) is 0 Å². The first-order valence-corrected chi connectivity index (χ1v) is 6.14. The van der Waals surface area contributed by atoms with Crippen molar-refractivity contribution >= 4 is 11.4 Å². The van der Waals surface area contributed by atoms with E-state index in [1.807, 2.05) is 6.92 Å². The highest BCUT2D eigenvalue weighted by atomic mass is 19.3. The zero-order valence-corrected chi connectivity index (χ0v) is 10.6. The zero-order chi connectivity index (χ0) is 13.4. The van der Waals surface area contributed by atoms with Gasteiger partial charge in [-0.15, -0.1) is 0 Å². The predicted molar refractivity (Wildman–Crippen MR) is 70.0 cm³/mol. The van der Waals surface area contributed by atoms with Crippen LogP contribution in [-0.2, 0) is 4.74 Å². The second-order valence-electron chi connectivity index (χ2n) is 4.04. The molecule has 0 amide bonds. The smallest absolute Gasteiger partial charge is 0.265 e. The molecule has 0 aliphatic heterocycles. The molecule has 3 nitrogen and oxygen atoms in total. The predicted octanol–water partition coefficient (Wildman–Crippen LogP) is 3.44. The first-order valence-electron chi connectivity index (χ1n) is 6.14. The molecule has 102 valence electrons. The lowest BCUT2D eigenvalue weighted by Gasteiger charge is -2.12. The van der Waals surface area contributed by atoms with Crippen LogP contribution < -0.4 is 11.1 Å². The molecule has 0 aliphatic rings. The van der Waals surface area contributed by atoms with Gasteiger partial charge in [-0.25, -0.2) is 8.78 Å². The fraction of sp³-hybridized carbons (Fsp3) is 0.538. The molecule has 0 saturated heterocycles. The summed E-state index contributed by atoms with van der Waals surface area (Å²) in [5, 5.41) is 2.98. The molecule has 0 heterocycles. The SMILES string of the molecule is CCCOCCCNc1ccc(N)cc1C(F)F. The van der Waals surface area contributed by atoms with Crippen molar-refractivity contribution in [3.05, 3.63) is 23.8 Å². The number of halogens is 2. The summed E-state index contributed by atoms with van der Waals surface area (Å²) in [4.78, 5) is 0. The maximum atomic E-state index is 12.8. The van der Waals surface area contributed by atoms with Gasteiger partial charge in [0, 0.05) is 36.7 Å². The third kappa shape index (κ3) is 4.87. The highest BCUT2D eigenvalue weighted by Gasteiger charge is 2.12. The number of rotatable bonds is 8. The lowest BCUT2D eigenvalue weighted by molar-refractivity contribution is 0.134. The van der Waals surface area contributed by atoms with Crippen molar-refractivity contribution in [3.63, 3.8) is 0 Å². The van der Waals surface area contributed by atoms with E-state index in [1.54, 1.807) is 12.1 Å². The quantitative estimate of drug-likeness (QED) is 0.554. The van der Waals surface area contributed by atoms with Gasteiger partial charge in [0.05, 0.1) is 0 Å². The summed E-state index contributed by atoms with van der Waals surface area (Å²) >= 11 is 0. The fourth-order valence-corrected chi connectivity index (χ4v) is 1.57. The molecule has 0 unspecified atom stereocenters. The number of nitrogens with two attached hydrogens (primary N) is 1. The van der Waals surface area contributed by atoms with E-state index in [1.165, 1.54) is 6.07 Å². The summed E-state index contributed by atoms with van der Waals surface area (Å²) in [5.41, 5.74) is 6.23. The fourth-order valence-electron chi connectivity index (χ4n) is 1.57. The molecule has 0 atom stereocenters. The molecule has 1 aromatic carbocycles. The second-order valence-corrected chi connectivity index (χ2v) is 4.04. The molecule has 3 N–H and O–H groups in total. The molecule has 1 aromatic rings. The molecule has 18 heavy (non-hydrogen) atoms. The van der Waals surface area contributed by atoms with Crippen molar-refractivity contribution in [2.24, 2.45) is 0 Å². The van der Waals surface area contributed by atoms with Crippen LogP contribution in [0.3, 0.4) is 0 Å². The van der Waals surface area contributed by atoms with Gasteiger partial charge < -0.3 is 15.8 Å². The molecule has 1 rings (SSSR count). The van der Waals surface area contributed by atoms with Crippen molar-refractivity contribution < 1.29 is 13.5 Å². The summed E-state index contributed by atoms with van der Waals surface area (Å²) in [5.74, 6) is 0. The molecule has 5 heteroatoms. The van der Waals surface area contributed by atoms with Crippen LogP contribution in [0.5, 0.6) is 0 Å². The van der Waals surface area contributed by atoms with E-state index in [9.17, 15) is 8.78 Å². The number of alkyl halides is 2. The van der Waals surface area contributed by atoms with Crippen molar-refractivity contribution in [3.8, 4) is 0 Å². The molecular formula is C13H20F2N2O. The maximum absolute atomic E-state index is 12.8. The van der Waals surface area contributed by atoms with Crippen molar-refractivity contribution in [1.82, 2.24) is 0 Å². The molecule has 0 fully saturated rings. The Kier molecular flexibility index (Phi) is 6.43. The average molecular weight is 258 g/mol. The van der Waals surface area contributed by atoms with Crippen LogP contribution in [0.2, 0.25) is 0 Å². The zero-order valence-electron chi connectivity index (χ0n) is 10.6. The third-order valence-corrected chi connectivity index (χ3v) is 2.44. The van der Waals surface area contributed by atoms with E-state index in [0.29, 0.717) is 24.5 Å². The Hall–Kier alpha value is -1.36. The van der Waals surface area contributed by atoms with Gasteiger partial charge in [-0.1, -0.05) is 6.92 Å². The van der Waals surface area contributed by atoms with Gasteiger partial charge in [0.15, 0.2) is 0 Å². The van der Waals surface area contributed by atoms with Gasteiger partial charge in [-0.3, -0.25) is 0 Å². The molecular weight excluding hydrogens is 238 g/mol. The van der Waals surface area contributed by atoms with E-state index in [4.69, 9.17) is 10.5 Å². The van der Waals surface area contributed by atoms with E-state index in [-0.39, 0.29) is 5.56 Å². The first kappa shape index (κ1) is 14.7. The minimum atomic E-state index is -2.52. The van der Waals surface area contributed by atoms with Gasteiger partial charge in [0.2, 0.25) is 0 Å². The van der Waals surface area contributed by atoms with Gasteiger partial charge in [0.25, 0.3) is 6.43 Å². The van der Waals surface area contributed by atoms with E-state index in [0.717, 1.165) is 19.4 Å². The topological polar surface area (TPSA) is 47.3 Å². The van der Waals surface area contributed by atoms with Gasteiger partial charge >= 0.3 is 0 Å². The van der Waals surface area contributed by atoms with E-state index < -0.39 is 6.43 Å². The van der Waals surface area contributed by atoms with Crippen LogP contribution in [0.15, 0.2) is 18.2 Å². The largest absolute Gasteiger partial charge is 0.399 e. The van der Waals surface area contributed by atoms with Gasteiger partial charge in [0.1, 0.15) is 0 Å². The Morgan fingerprint density at radius 1 is 1.33 bits per heavy atom. The van der Waals surface area contributed by atoms with Crippen molar-refractivity contribution in [2.45, 2.75) is 26.2 Å². The number of ether oxygens (including phenoxy) is 1. The Morgan fingerprint density at radius 2 is 2.11 bits per heavy atom. The van der Waals surface area contributed by atoms with E-state index in [2.05, 4.69) is 5.32 Å². The molecule has 0 radical (unpaired) electrons. The number of benzene rings is 1. The highest BCUT2D eigenvalue weighted by Crippen LogP contribution is 2.28. The first-order chi connectivity index (χ1) is 8.65. The molecule has 0 aromatic heterocycles. The summed E-state index contributed by atoms with van der Waals surface area (Å²) in [6.07, 6.45) is -0.749. The highest BCUT2D eigenvalue weighted by molar-refractivity contribution is 5.58. The molecule has 0 saturated carbocycles. The number of nitrogens with one attached hydrogen (secondary N) is 1. The van der Waals surface area contributed by atoms with Crippen LogP contribution in [0, 0.1) is 0 Å². The Bertz CT molecular complexity index is 359. The summed E-state index contributed by atoms with van der Waals surface area (Å²) in [7, 11) is 0. The Morgan fingerprint density at radius 3 is 2.78 bits per heavy atom. The van der Waals surface area contributed by atoms with Crippen LogP contribution in [0.25, 0.3) is 0 Å². The van der Waals surface area contributed by atoms with Crippen LogP contribution in [-0.4, -0.2) is 19.8 Å². The molecule has 0 aliphatic carbocycles. The standard InChI is InChI=1S/C13H20F2N2O/c1-2-7-18-8-3-6-17-12-5-4-10(16)9-11(12)13(14)15/h4-5,9,13,17H,2-3,6-8,16H2,1H3. The van der Waals surface area contributed by atoms with Crippen molar-refractivity contribution in [1.29, 1.82) is 0 Å². The minimum Gasteiger partial charge on any atom is -0.399 e. The second kappa shape index (κ2) is 7.87. The lowest BCUT2D eigenvalue weighted by Crippen LogP contribution is -2.08. The molecule has 0 bridgehead atoms. The summed E-state index contributed by atoms with van der Waals surface area (Å²) < 4.78 is 30.8. The number of hydrogen-bond acceptors (Lipinski definition) is 3. The average Bonchev–Trinajstić information content (AvgIpc) is 2.35. The lowest BCUT2D eigenvalue weighted by atomic mass is 10.1. The van der Waals surface area contributed by atoms with Crippen molar-refractivity contribution in [2.75, 3.05) is 30.8 Å². The normalized spacial score (nSPS) is 10.9. The van der Waals surface area contributed by atoms with E-state index >= 15 is 0 Å². The minimum absolute atomic E-state index is 0.0514. The van der Waals surface area contributed by atoms with Crippen LogP contribution in [0.1, 0.15) is 31.8 Å².